The maximum Gasteiger partial charge on any atom is 0.166 e. The molecule has 1 nitrogen and oxygen atoms in total. The molecule has 1 aliphatic heterocycles. The van der Waals surface area contributed by atoms with Gasteiger partial charge in [0.25, 0.3) is 0 Å². The van der Waals surface area contributed by atoms with Crippen LogP contribution in [0.1, 0.15) is 18.0 Å². The van der Waals surface area contributed by atoms with E-state index in [2.05, 4.69) is 5.32 Å². The normalized spacial score (nSPS) is 19.3. The van der Waals surface area contributed by atoms with Crippen molar-refractivity contribution in [3.8, 4) is 0 Å². The first-order valence-electron chi connectivity index (χ1n) is 4.17. The first-order valence-corrected chi connectivity index (χ1v) is 4.17. The average Bonchev–Trinajstić information content (AvgIpc) is 2.06. The Hall–Kier alpha value is -0.810. The quantitative estimate of drug-likeness (QED) is 0.589. The van der Waals surface area contributed by atoms with E-state index in [9.17, 15) is 17.6 Å². The number of benzene rings is 1. The fourth-order valence-corrected chi connectivity index (χ4v) is 1.43. The molecule has 1 aromatic rings. The first kappa shape index (κ1) is 12.3. The standard InChI is InChI=1S/C9H7F4N.ClH/c10-4-3-5(11)9(13)7(8(4)12)6-1-2-14-6;/h3,6,14H,1-2H2;1H/t6-;/m1./s1. The van der Waals surface area contributed by atoms with Gasteiger partial charge >= 0.3 is 0 Å². The van der Waals surface area contributed by atoms with Crippen molar-refractivity contribution < 1.29 is 17.6 Å². The zero-order chi connectivity index (χ0) is 10.3. The lowest BCUT2D eigenvalue weighted by atomic mass is 9.96. The summed E-state index contributed by atoms with van der Waals surface area (Å²) in [5, 5.41) is 2.68. The third-order valence-electron chi connectivity index (χ3n) is 2.32. The third kappa shape index (κ3) is 1.94. The van der Waals surface area contributed by atoms with Crippen LogP contribution in [0.4, 0.5) is 17.6 Å². The van der Waals surface area contributed by atoms with Crippen LogP contribution < -0.4 is 5.32 Å². The van der Waals surface area contributed by atoms with Crippen molar-refractivity contribution in [2.75, 3.05) is 6.54 Å². The predicted molar refractivity (Wildman–Crippen MR) is 48.9 cm³/mol. The highest BCUT2D eigenvalue weighted by atomic mass is 35.5. The Morgan fingerprint density at radius 2 is 1.53 bits per heavy atom. The molecule has 0 unspecified atom stereocenters. The van der Waals surface area contributed by atoms with Gasteiger partial charge in [0.1, 0.15) is 0 Å². The van der Waals surface area contributed by atoms with Crippen LogP contribution in [0.25, 0.3) is 0 Å². The molecule has 1 heterocycles. The molecular formula is C9H8ClF4N. The Labute approximate surface area is 89.9 Å². The van der Waals surface area contributed by atoms with Crippen molar-refractivity contribution in [1.82, 2.24) is 5.32 Å². The van der Waals surface area contributed by atoms with Gasteiger partial charge in [0, 0.05) is 17.7 Å². The molecule has 1 N–H and O–H groups in total. The molecule has 0 aliphatic carbocycles. The SMILES string of the molecule is Cl.Fc1cc(F)c(F)c([C@H]2CCN2)c1F. The second-order valence-corrected chi connectivity index (χ2v) is 3.18. The molecule has 6 heteroatoms. The molecule has 2 rings (SSSR count). The molecule has 1 aromatic carbocycles. The lowest BCUT2D eigenvalue weighted by molar-refractivity contribution is 0.338. The molecule has 0 saturated carbocycles. The van der Waals surface area contributed by atoms with Crippen molar-refractivity contribution in [3.63, 3.8) is 0 Å². The summed E-state index contributed by atoms with van der Waals surface area (Å²) < 4.78 is 51.6. The molecule has 0 spiro atoms. The van der Waals surface area contributed by atoms with Crippen LogP contribution in [-0.4, -0.2) is 6.54 Å². The van der Waals surface area contributed by atoms with Gasteiger partial charge in [-0.1, -0.05) is 0 Å². The van der Waals surface area contributed by atoms with E-state index in [1.165, 1.54) is 0 Å². The Kier molecular flexibility index (Phi) is 3.57. The fourth-order valence-electron chi connectivity index (χ4n) is 1.43. The van der Waals surface area contributed by atoms with Crippen LogP contribution in [0.5, 0.6) is 0 Å². The summed E-state index contributed by atoms with van der Waals surface area (Å²) in [6.07, 6.45) is 0.483. The first-order chi connectivity index (χ1) is 6.61. The Bertz CT molecular complexity index is 353. The highest BCUT2D eigenvalue weighted by Gasteiger charge is 2.29. The Morgan fingerprint density at radius 3 is 1.87 bits per heavy atom. The van der Waals surface area contributed by atoms with E-state index in [1.54, 1.807) is 0 Å². The van der Waals surface area contributed by atoms with Crippen LogP contribution in [0.2, 0.25) is 0 Å². The molecule has 0 radical (unpaired) electrons. The van der Waals surface area contributed by atoms with Crippen LogP contribution in [-0.2, 0) is 0 Å². The molecule has 0 amide bonds. The number of rotatable bonds is 1. The molecule has 15 heavy (non-hydrogen) atoms. The molecule has 1 fully saturated rings. The lowest BCUT2D eigenvalue weighted by Gasteiger charge is -2.28. The van der Waals surface area contributed by atoms with Gasteiger partial charge in [-0.25, -0.2) is 17.6 Å². The van der Waals surface area contributed by atoms with E-state index < -0.39 is 34.9 Å². The maximum absolute atomic E-state index is 13.1. The number of hydrogen-bond acceptors (Lipinski definition) is 1. The van der Waals surface area contributed by atoms with Crippen molar-refractivity contribution in [2.24, 2.45) is 0 Å². The highest BCUT2D eigenvalue weighted by Crippen LogP contribution is 2.30. The van der Waals surface area contributed by atoms with Crippen LogP contribution in [0.3, 0.4) is 0 Å². The number of halogens is 5. The second-order valence-electron chi connectivity index (χ2n) is 3.18. The van der Waals surface area contributed by atoms with Crippen molar-refractivity contribution in [1.29, 1.82) is 0 Å². The second kappa shape index (κ2) is 4.37. The minimum Gasteiger partial charge on any atom is -0.310 e. The minimum absolute atomic E-state index is 0. The van der Waals surface area contributed by atoms with Crippen molar-refractivity contribution >= 4 is 12.4 Å². The molecule has 1 aliphatic rings. The van der Waals surface area contributed by atoms with Crippen LogP contribution >= 0.6 is 12.4 Å². The summed E-state index contributed by atoms with van der Waals surface area (Å²) in [5.74, 6) is -5.32. The third-order valence-corrected chi connectivity index (χ3v) is 2.32. The van der Waals surface area contributed by atoms with Gasteiger partial charge in [-0.3, -0.25) is 0 Å². The zero-order valence-electron chi connectivity index (χ0n) is 7.49. The summed E-state index contributed by atoms with van der Waals surface area (Å²) in [5.41, 5.74) is -0.534. The Balaban J connectivity index is 0.00000112. The van der Waals surface area contributed by atoms with E-state index >= 15 is 0 Å². The zero-order valence-corrected chi connectivity index (χ0v) is 8.31. The highest BCUT2D eigenvalue weighted by molar-refractivity contribution is 5.85. The summed E-state index contributed by atoms with van der Waals surface area (Å²) in [7, 11) is 0. The van der Waals surface area contributed by atoms with Gasteiger partial charge in [0.15, 0.2) is 23.3 Å². The Morgan fingerprint density at radius 1 is 1.07 bits per heavy atom. The van der Waals surface area contributed by atoms with E-state index in [0.717, 1.165) is 0 Å². The van der Waals surface area contributed by atoms with Crippen molar-refractivity contribution in [3.05, 3.63) is 34.9 Å². The van der Waals surface area contributed by atoms with E-state index in [1.807, 2.05) is 0 Å². The lowest BCUT2D eigenvalue weighted by Crippen LogP contribution is -2.36. The summed E-state index contributed by atoms with van der Waals surface area (Å²) in [6, 6.07) is -0.396. The molecule has 0 aromatic heterocycles. The van der Waals surface area contributed by atoms with E-state index in [0.29, 0.717) is 13.0 Å². The molecule has 84 valence electrons. The van der Waals surface area contributed by atoms with Gasteiger partial charge in [-0.15, -0.1) is 12.4 Å². The molecular weight excluding hydrogens is 234 g/mol. The molecule has 0 bridgehead atoms. The fraction of sp³-hybridized carbons (Fsp3) is 0.333. The van der Waals surface area contributed by atoms with Gasteiger partial charge in [-0.2, -0.15) is 0 Å². The number of nitrogens with one attached hydrogen (secondary N) is 1. The minimum atomic E-state index is -1.35. The molecule has 1 saturated heterocycles. The van der Waals surface area contributed by atoms with Gasteiger partial charge < -0.3 is 5.32 Å². The summed E-state index contributed by atoms with van der Waals surface area (Å²) >= 11 is 0. The average molecular weight is 242 g/mol. The van der Waals surface area contributed by atoms with Crippen LogP contribution in [0, 0.1) is 23.3 Å². The smallest absolute Gasteiger partial charge is 0.166 e. The molecule has 1 atom stereocenters. The summed E-state index contributed by atoms with van der Waals surface area (Å²) in [6.45, 7) is 0.599. The maximum atomic E-state index is 13.1. The van der Waals surface area contributed by atoms with E-state index in [-0.39, 0.29) is 18.5 Å². The number of hydrogen-bond donors (Lipinski definition) is 1. The van der Waals surface area contributed by atoms with Gasteiger partial charge in [0.2, 0.25) is 0 Å². The van der Waals surface area contributed by atoms with E-state index in [4.69, 9.17) is 0 Å². The topological polar surface area (TPSA) is 12.0 Å². The predicted octanol–water partition coefficient (Wildman–Crippen LogP) is 2.70. The monoisotopic (exact) mass is 241 g/mol. The summed E-state index contributed by atoms with van der Waals surface area (Å²) in [4.78, 5) is 0. The largest absolute Gasteiger partial charge is 0.310 e. The van der Waals surface area contributed by atoms with Gasteiger partial charge in [0.05, 0.1) is 0 Å². The van der Waals surface area contributed by atoms with Crippen LogP contribution in [0.15, 0.2) is 6.07 Å². The van der Waals surface area contributed by atoms with Crippen molar-refractivity contribution in [2.45, 2.75) is 12.5 Å². The van der Waals surface area contributed by atoms with Gasteiger partial charge in [-0.05, 0) is 13.0 Å².